The molecule has 0 radical (unpaired) electrons. The Bertz CT molecular complexity index is 405. The average Bonchev–Trinajstić information content (AvgIpc) is 2.72. The second kappa shape index (κ2) is 2.63. The summed E-state index contributed by atoms with van der Waals surface area (Å²) in [5, 5.41) is 5.82. The molecule has 13 heavy (non-hydrogen) atoms. The van der Waals surface area contributed by atoms with Crippen molar-refractivity contribution >= 4 is 11.3 Å². The molecule has 66 valence electrons. The molecular weight excluding hydrogens is 186 g/mol. The van der Waals surface area contributed by atoms with Gasteiger partial charge in [0, 0.05) is 11.3 Å². The second-order valence-electron chi connectivity index (χ2n) is 3.11. The maximum absolute atomic E-state index is 5.09. The summed E-state index contributed by atoms with van der Waals surface area (Å²) in [5.74, 6) is 1.92. The normalized spacial score (nSPS) is 16.3. The maximum Gasteiger partial charge on any atom is 0.277 e. The van der Waals surface area contributed by atoms with Crippen molar-refractivity contribution in [3.63, 3.8) is 0 Å². The number of hydrogen-bond donors (Lipinski definition) is 0. The van der Waals surface area contributed by atoms with E-state index in [1.165, 1.54) is 24.2 Å². The topological polar surface area (TPSA) is 51.8 Å². The Morgan fingerprint density at radius 1 is 1.46 bits per heavy atom. The van der Waals surface area contributed by atoms with Crippen LogP contribution in [0, 0.1) is 0 Å². The van der Waals surface area contributed by atoms with Crippen LogP contribution in [0.4, 0.5) is 0 Å². The van der Waals surface area contributed by atoms with Gasteiger partial charge >= 0.3 is 0 Å². The molecule has 0 saturated heterocycles. The summed E-state index contributed by atoms with van der Waals surface area (Å²) < 4.78 is 5.09. The van der Waals surface area contributed by atoms with Gasteiger partial charge in [0.25, 0.3) is 5.89 Å². The van der Waals surface area contributed by atoms with Crippen molar-refractivity contribution in [2.45, 2.75) is 18.8 Å². The lowest BCUT2D eigenvalue weighted by Crippen LogP contribution is -1.81. The van der Waals surface area contributed by atoms with Gasteiger partial charge < -0.3 is 4.52 Å². The van der Waals surface area contributed by atoms with Gasteiger partial charge in [-0.2, -0.15) is 4.98 Å². The third-order valence-electron chi connectivity index (χ3n) is 2.04. The van der Waals surface area contributed by atoms with Gasteiger partial charge in [0.2, 0.25) is 0 Å². The fourth-order valence-electron chi connectivity index (χ4n) is 1.16. The molecule has 0 amide bonds. The predicted molar refractivity (Wildman–Crippen MR) is 47.4 cm³/mol. The molecule has 5 heteroatoms. The molecule has 1 fully saturated rings. The Morgan fingerprint density at radius 3 is 3.08 bits per heavy atom. The highest BCUT2D eigenvalue weighted by molar-refractivity contribution is 7.07. The summed E-state index contributed by atoms with van der Waals surface area (Å²) in [5.41, 5.74) is 2.54. The SMILES string of the molecule is c1nc(-c2nc(C3CC3)no2)cs1. The molecular formula is C8H7N3OS. The summed E-state index contributed by atoms with van der Waals surface area (Å²) in [6.45, 7) is 0. The van der Waals surface area contributed by atoms with Crippen LogP contribution in [0.2, 0.25) is 0 Å². The third-order valence-corrected chi connectivity index (χ3v) is 2.62. The van der Waals surface area contributed by atoms with Gasteiger partial charge in [-0.1, -0.05) is 5.16 Å². The Hall–Kier alpha value is -1.23. The first-order valence-corrected chi connectivity index (χ1v) is 5.10. The Balaban J connectivity index is 1.97. The van der Waals surface area contributed by atoms with E-state index >= 15 is 0 Å². The number of rotatable bonds is 2. The van der Waals surface area contributed by atoms with E-state index in [2.05, 4.69) is 15.1 Å². The van der Waals surface area contributed by atoms with Crippen molar-refractivity contribution in [2.24, 2.45) is 0 Å². The summed E-state index contributed by atoms with van der Waals surface area (Å²) in [6.07, 6.45) is 2.38. The molecule has 1 aliphatic carbocycles. The van der Waals surface area contributed by atoms with Crippen LogP contribution in [0.3, 0.4) is 0 Å². The third kappa shape index (κ3) is 1.25. The molecule has 0 unspecified atom stereocenters. The molecule has 0 bridgehead atoms. The summed E-state index contributed by atoms with van der Waals surface area (Å²) >= 11 is 1.53. The molecule has 0 N–H and O–H groups in total. The first-order chi connectivity index (χ1) is 6.43. The van der Waals surface area contributed by atoms with Gasteiger partial charge in [-0.05, 0) is 12.8 Å². The van der Waals surface area contributed by atoms with E-state index in [-0.39, 0.29) is 0 Å². The van der Waals surface area contributed by atoms with Crippen LogP contribution in [0.5, 0.6) is 0 Å². The quantitative estimate of drug-likeness (QED) is 0.732. The highest BCUT2D eigenvalue weighted by Gasteiger charge is 2.29. The van der Waals surface area contributed by atoms with E-state index in [0.717, 1.165) is 11.5 Å². The van der Waals surface area contributed by atoms with Crippen molar-refractivity contribution in [3.8, 4) is 11.6 Å². The van der Waals surface area contributed by atoms with Crippen LogP contribution in [0.15, 0.2) is 15.4 Å². The zero-order valence-electron chi connectivity index (χ0n) is 6.80. The Labute approximate surface area is 78.6 Å². The van der Waals surface area contributed by atoms with Crippen LogP contribution < -0.4 is 0 Å². The zero-order valence-corrected chi connectivity index (χ0v) is 7.62. The fraction of sp³-hybridized carbons (Fsp3) is 0.375. The minimum absolute atomic E-state index is 0.538. The van der Waals surface area contributed by atoms with Crippen LogP contribution in [0.25, 0.3) is 11.6 Å². The van der Waals surface area contributed by atoms with E-state index in [0.29, 0.717) is 11.8 Å². The largest absolute Gasteiger partial charge is 0.332 e. The highest BCUT2D eigenvalue weighted by atomic mass is 32.1. The molecule has 4 nitrogen and oxygen atoms in total. The Morgan fingerprint density at radius 2 is 2.38 bits per heavy atom. The van der Waals surface area contributed by atoms with E-state index < -0.39 is 0 Å². The lowest BCUT2D eigenvalue weighted by Gasteiger charge is -1.81. The van der Waals surface area contributed by atoms with Crippen LogP contribution in [-0.2, 0) is 0 Å². The van der Waals surface area contributed by atoms with Gasteiger partial charge in [-0.3, -0.25) is 0 Å². The molecule has 3 rings (SSSR count). The fourth-order valence-corrected chi connectivity index (χ4v) is 1.69. The molecule has 2 heterocycles. The van der Waals surface area contributed by atoms with E-state index in [9.17, 15) is 0 Å². The number of aromatic nitrogens is 3. The number of hydrogen-bond acceptors (Lipinski definition) is 5. The lowest BCUT2D eigenvalue weighted by molar-refractivity contribution is 0.421. The zero-order chi connectivity index (χ0) is 8.67. The highest BCUT2D eigenvalue weighted by Crippen LogP contribution is 2.38. The minimum Gasteiger partial charge on any atom is -0.332 e. The van der Waals surface area contributed by atoms with Crippen LogP contribution in [0.1, 0.15) is 24.6 Å². The summed E-state index contributed by atoms with van der Waals surface area (Å²) in [6, 6.07) is 0. The molecule has 0 atom stereocenters. The van der Waals surface area contributed by atoms with Crippen molar-refractivity contribution in [2.75, 3.05) is 0 Å². The van der Waals surface area contributed by atoms with Gasteiger partial charge in [0.15, 0.2) is 5.82 Å². The summed E-state index contributed by atoms with van der Waals surface area (Å²) in [7, 11) is 0. The summed E-state index contributed by atoms with van der Waals surface area (Å²) in [4.78, 5) is 8.38. The van der Waals surface area contributed by atoms with E-state index in [4.69, 9.17) is 4.52 Å². The Kier molecular flexibility index (Phi) is 1.46. The molecule has 1 saturated carbocycles. The van der Waals surface area contributed by atoms with Crippen LogP contribution >= 0.6 is 11.3 Å². The molecule has 0 aliphatic heterocycles. The minimum atomic E-state index is 0.538. The molecule has 0 aromatic carbocycles. The van der Waals surface area contributed by atoms with Gasteiger partial charge in [0.05, 0.1) is 5.51 Å². The van der Waals surface area contributed by atoms with Crippen LogP contribution in [-0.4, -0.2) is 15.1 Å². The maximum atomic E-state index is 5.09. The molecule has 2 aromatic rings. The van der Waals surface area contributed by atoms with Crippen molar-refractivity contribution in [3.05, 3.63) is 16.7 Å². The van der Waals surface area contributed by atoms with E-state index in [1.54, 1.807) is 5.51 Å². The monoisotopic (exact) mass is 193 g/mol. The van der Waals surface area contributed by atoms with E-state index in [1.807, 2.05) is 5.38 Å². The molecule has 1 aliphatic rings. The van der Waals surface area contributed by atoms with Gasteiger partial charge in [-0.25, -0.2) is 4.98 Å². The van der Waals surface area contributed by atoms with Crippen molar-refractivity contribution in [1.29, 1.82) is 0 Å². The first kappa shape index (κ1) is 7.20. The molecule has 0 spiro atoms. The number of nitrogens with zero attached hydrogens (tertiary/aromatic N) is 3. The standard InChI is InChI=1S/C8H7N3OS/c1-2-5(1)7-10-8(12-11-7)6-3-13-4-9-6/h3-5H,1-2H2. The molecule has 2 aromatic heterocycles. The van der Waals surface area contributed by atoms with Gasteiger partial charge in [-0.15, -0.1) is 11.3 Å². The smallest absolute Gasteiger partial charge is 0.277 e. The van der Waals surface area contributed by atoms with Crippen molar-refractivity contribution in [1.82, 2.24) is 15.1 Å². The first-order valence-electron chi connectivity index (χ1n) is 4.15. The average molecular weight is 193 g/mol. The predicted octanol–water partition coefficient (Wildman–Crippen LogP) is 2.07. The van der Waals surface area contributed by atoms with Gasteiger partial charge in [0.1, 0.15) is 5.69 Å². The van der Waals surface area contributed by atoms with Crippen molar-refractivity contribution < 1.29 is 4.52 Å². The number of thiazole rings is 1. The second-order valence-corrected chi connectivity index (χ2v) is 3.82. The lowest BCUT2D eigenvalue weighted by atomic mass is 10.4.